The zero-order chi connectivity index (χ0) is 15.9. The molecule has 3 rings (SSSR count). The second-order valence-corrected chi connectivity index (χ2v) is 5.11. The van der Waals surface area contributed by atoms with Crippen LogP contribution in [0, 0.1) is 25.2 Å². The van der Waals surface area contributed by atoms with Crippen molar-refractivity contribution >= 4 is 5.82 Å². The van der Waals surface area contributed by atoms with Crippen LogP contribution in [0.4, 0.5) is 5.82 Å². The molecular weight excluding hydrogens is 278 g/mol. The first kappa shape index (κ1) is 13.8. The van der Waals surface area contributed by atoms with Crippen molar-refractivity contribution in [1.29, 1.82) is 5.26 Å². The number of nitrogens with one attached hydrogen (secondary N) is 1. The normalized spacial score (nSPS) is 10.6. The molecule has 3 aromatic heterocycles. The van der Waals surface area contributed by atoms with Gasteiger partial charge in [-0.1, -0.05) is 0 Å². The fourth-order valence-electron chi connectivity index (χ4n) is 2.50. The Morgan fingerprint density at radius 2 is 2.09 bits per heavy atom. The summed E-state index contributed by atoms with van der Waals surface area (Å²) >= 11 is 0. The molecule has 3 heterocycles. The minimum absolute atomic E-state index is 0.195. The van der Waals surface area contributed by atoms with Crippen molar-refractivity contribution in [3.63, 3.8) is 0 Å². The topological polar surface area (TPSA) is 109 Å². The van der Waals surface area contributed by atoms with Crippen LogP contribution in [0.25, 0.3) is 22.5 Å². The van der Waals surface area contributed by atoms with E-state index in [1.807, 2.05) is 39.2 Å². The van der Waals surface area contributed by atoms with E-state index in [1.165, 1.54) is 0 Å². The average Bonchev–Trinajstić information content (AvgIpc) is 3.04. The summed E-state index contributed by atoms with van der Waals surface area (Å²) in [5.41, 5.74) is 11.0. The molecular formula is C15H15N7. The van der Waals surface area contributed by atoms with Crippen LogP contribution >= 0.6 is 0 Å². The molecule has 110 valence electrons. The summed E-state index contributed by atoms with van der Waals surface area (Å²) in [6.45, 7) is 3.82. The van der Waals surface area contributed by atoms with Crippen LogP contribution < -0.4 is 5.73 Å². The summed E-state index contributed by atoms with van der Waals surface area (Å²) in [5.74, 6) is 0.195. The van der Waals surface area contributed by atoms with E-state index in [-0.39, 0.29) is 5.82 Å². The van der Waals surface area contributed by atoms with Gasteiger partial charge in [-0.25, -0.2) is 4.98 Å². The third-order valence-electron chi connectivity index (χ3n) is 3.53. The maximum atomic E-state index is 9.37. The van der Waals surface area contributed by atoms with Gasteiger partial charge >= 0.3 is 0 Å². The summed E-state index contributed by atoms with van der Waals surface area (Å²) in [6, 6.07) is 5.79. The van der Waals surface area contributed by atoms with Gasteiger partial charge in [-0.05, 0) is 26.0 Å². The smallest absolute Gasteiger partial charge is 0.142 e. The van der Waals surface area contributed by atoms with Gasteiger partial charge in [0.25, 0.3) is 0 Å². The van der Waals surface area contributed by atoms with Crippen LogP contribution in [0.3, 0.4) is 0 Å². The Bertz CT molecular complexity index is 876. The van der Waals surface area contributed by atoms with E-state index in [1.54, 1.807) is 4.68 Å². The number of aryl methyl sites for hydroxylation is 3. The number of anilines is 1. The molecule has 0 saturated heterocycles. The number of nitriles is 1. The number of nitrogens with zero attached hydrogens (tertiary/aromatic N) is 5. The Kier molecular flexibility index (Phi) is 3.14. The molecule has 0 aromatic carbocycles. The van der Waals surface area contributed by atoms with Crippen molar-refractivity contribution < 1.29 is 0 Å². The molecule has 0 saturated carbocycles. The molecule has 0 spiro atoms. The Morgan fingerprint density at radius 3 is 2.64 bits per heavy atom. The van der Waals surface area contributed by atoms with Gasteiger partial charge in [0.05, 0.1) is 17.1 Å². The quantitative estimate of drug-likeness (QED) is 0.750. The van der Waals surface area contributed by atoms with E-state index >= 15 is 0 Å². The van der Waals surface area contributed by atoms with Crippen molar-refractivity contribution in [3.05, 3.63) is 35.3 Å². The Balaban J connectivity index is 2.28. The number of rotatable bonds is 2. The van der Waals surface area contributed by atoms with Crippen LogP contribution in [0.2, 0.25) is 0 Å². The Morgan fingerprint density at radius 1 is 1.32 bits per heavy atom. The van der Waals surface area contributed by atoms with Gasteiger partial charge in [-0.15, -0.1) is 0 Å². The SMILES string of the molecule is Cc1n[nH]c(C)c1-c1cc(-c2ccn(C)n2)c(C#N)c(N)n1. The van der Waals surface area contributed by atoms with Crippen molar-refractivity contribution in [2.24, 2.45) is 7.05 Å². The third kappa shape index (κ3) is 2.11. The highest BCUT2D eigenvalue weighted by molar-refractivity contribution is 5.79. The van der Waals surface area contributed by atoms with E-state index in [0.717, 1.165) is 17.0 Å². The number of H-pyrrole nitrogens is 1. The molecule has 22 heavy (non-hydrogen) atoms. The van der Waals surface area contributed by atoms with E-state index in [0.29, 0.717) is 22.5 Å². The summed E-state index contributed by atoms with van der Waals surface area (Å²) < 4.78 is 1.68. The third-order valence-corrected chi connectivity index (χ3v) is 3.53. The molecule has 0 aliphatic rings. The van der Waals surface area contributed by atoms with Crippen molar-refractivity contribution in [2.45, 2.75) is 13.8 Å². The fourth-order valence-corrected chi connectivity index (χ4v) is 2.50. The van der Waals surface area contributed by atoms with E-state index in [4.69, 9.17) is 5.73 Å². The molecule has 3 N–H and O–H groups in total. The second kappa shape index (κ2) is 5.00. The second-order valence-electron chi connectivity index (χ2n) is 5.11. The summed E-state index contributed by atoms with van der Waals surface area (Å²) in [7, 11) is 1.82. The molecule has 7 nitrogen and oxygen atoms in total. The number of hydrogen-bond acceptors (Lipinski definition) is 5. The number of aromatic amines is 1. The lowest BCUT2D eigenvalue weighted by molar-refractivity contribution is 0.771. The van der Waals surface area contributed by atoms with Gasteiger partial charge in [0.15, 0.2) is 0 Å². The molecule has 0 radical (unpaired) electrons. The first-order valence-corrected chi connectivity index (χ1v) is 6.74. The Hall–Kier alpha value is -3.14. The number of aromatic nitrogens is 5. The van der Waals surface area contributed by atoms with Gasteiger partial charge in [-0.3, -0.25) is 9.78 Å². The van der Waals surface area contributed by atoms with Crippen molar-refractivity contribution in [3.8, 4) is 28.6 Å². The molecule has 0 unspecified atom stereocenters. The molecule has 0 atom stereocenters. The fraction of sp³-hybridized carbons (Fsp3) is 0.200. The molecule has 0 aliphatic carbocycles. The largest absolute Gasteiger partial charge is 0.383 e. The van der Waals surface area contributed by atoms with Crippen LogP contribution in [-0.4, -0.2) is 25.0 Å². The van der Waals surface area contributed by atoms with E-state index in [9.17, 15) is 5.26 Å². The highest BCUT2D eigenvalue weighted by Gasteiger charge is 2.18. The number of nitrogens with two attached hydrogens (primary N) is 1. The first-order chi connectivity index (χ1) is 10.5. The maximum Gasteiger partial charge on any atom is 0.142 e. The van der Waals surface area contributed by atoms with Crippen LogP contribution in [0.15, 0.2) is 18.3 Å². The zero-order valence-corrected chi connectivity index (χ0v) is 12.5. The molecule has 0 aliphatic heterocycles. The minimum atomic E-state index is 0.195. The number of pyridine rings is 1. The monoisotopic (exact) mass is 293 g/mol. The van der Waals surface area contributed by atoms with Crippen LogP contribution in [0.5, 0.6) is 0 Å². The van der Waals surface area contributed by atoms with Crippen LogP contribution in [0.1, 0.15) is 17.0 Å². The van der Waals surface area contributed by atoms with Gasteiger partial charge < -0.3 is 5.73 Å². The lowest BCUT2D eigenvalue weighted by Crippen LogP contribution is -2.01. The predicted molar refractivity (Wildman–Crippen MR) is 82.6 cm³/mol. The van der Waals surface area contributed by atoms with Gasteiger partial charge in [0.1, 0.15) is 17.5 Å². The maximum absolute atomic E-state index is 9.37. The van der Waals surface area contributed by atoms with Crippen molar-refractivity contribution in [1.82, 2.24) is 25.0 Å². The number of hydrogen-bond donors (Lipinski definition) is 2. The van der Waals surface area contributed by atoms with E-state index in [2.05, 4.69) is 26.3 Å². The standard InChI is InChI=1S/C15H15N7/c1-8-14(9(2)20-19-8)13-6-10(11(7-16)15(17)18-13)12-4-5-22(3)21-12/h4-6H,1-3H3,(H2,17,18)(H,19,20). The highest BCUT2D eigenvalue weighted by atomic mass is 15.2. The lowest BCUT2D eigenvalue weighted by Gasteiger charge is -2.08. The number of nitrogen functional groups attached to an aromatic ring is 1. The summed E-state index contributed by atoms with van der Waals surface area (Å²) in [5, 5.41) is 20.8. The Labute approximate surface area is 127 Å². The van der Waals surface area contributed by atoms with Gasteiger partial charge in [-0.2, -0.15) is 15.5 Å². The lowest BCUT2D eigenvalue weighted by atomic mass is 10.0. The molecule has 3 aromatic rings. The average molecular weight is 293 g/mol. The highest BCUT2D eigenvalue weighted by Crippen LogP contribution is 2.32. The van der Waals surface area contributed by atoms with Gasteiger partial charge in [0.2, 0.25) is 0 Å². The summed E-state index contributed by atoms with van der Waals surface area (Å²) in [6.07, 6.45) is 1.82. The first-order valence-electron chi connectivity index (χ1n) is 6.74. The molecule has 7 heteroatoms. The van der Waals surface area contributed by atoms with Crippen molar-refractivity contribution in [2.75, 3.05) is 5.73 Å². The minimum Gasteiger partial charge on any atom is -0.383 e. The molecule has 0 amide bonds. The zero-order valence-electron chi connectivity index (χ0n) is 12.5. The van der Waals surface area contributed by atoms with E-state index < -0.39 is 0 Å². The molecule has 0 fully saturated rings. The predicted octanol–water partition coefficient (Wildman–Crippen LogP) is 1.94. The van der Waals surface area contributed by atoms with Crippen LogP contribution in [-0.2, 0) is 7.05 Å². The summed E-state index contributed by atoms with van der Waals surface area (Å²) in [4.78, 5) is 4.36. The van der Waals surface area contributed by atoms with Gasteiger partial charge in [0, 0.05) is 30.1 Å². The molecule has 0 bridgehead atoms.